The molecule has 7 heteroatoms. The van der Waals surface area contributed by atoms with Crippen LogP contribution in [0.25, 0.3) is 11.3 Å². The van der Waals surface area contributed by atoms with Gasteiger partial charge < -0.3 is 14.8 Å². The number of carbonyl (C=O) groups excluding carboxylic acids is 1. The number of aromatic nitrogens is 2. The first-order valence-corrected chi connectivity index (χ1v) is 9.27. The number of carbonyl (C=O) groups is 1. The Bertz CT molecular complexity index is 982. The van der Waals surface area contributed by atoms with Gasteiger partial charge in [0.15, 0.2) is 6.61 Å². The Balaban J connectivity index is 1.29. The second-order valence-corrected chi connectivity index (χ2v) is 6.79. The SMILES string of the molecule is O=C(COc1ccccc1Cl)NC[C@@H]1Cc2cc(-c3cnccn3)ccc2O1. The zero-order valence-corrected chi connectivity index (χ0v) is 15.7. The van der Waals surface area contributed by atoms with Crippen LogP contribution in [0.3, 0.4) is 0 Å². The molecule has 0 saturated carbocycles. The molecule has 1 aliphatic rings. The molecule has 2 aromatic carbocycles. The molecule has 0 radical (unpaired) electrons. The lowest BCUT2D eigenvalue weighted by Crippen LogP contribution is -2.37. The van der Waals surface area contributed by atoms with Crippen LogP contribution >= 0.6 is 11.6 Å². The molecule has 1 amide bonds. The van der Waals surface area contributed by atoms with Crippen LogP contribution in [0.2, 0.25) is 5.02 Å². The number of halogens is 1. The molecule has 0 aliphatic carbocycles. The summed E-state index contributed by atoms with van der Waals surface area (Å²) in [5, 5.41) is 3.32. The minimum atomic E-state index is -0.222. The van der Waals surface area contributed by atoms with E-state index in [4.69, 9.17) is 21.1 Å². The molecule has 0 unspecified atom stereocenters. The Morgan fingerprint density at radius 2 is 2.14 bits per heavy atom. The molecule has 0 spiro atoms. The van der Waals surface area contributed by atoms with Crippen LogP contribution in [0.15, 0.2) is 61.1 Å². The van der Waals surface area contributed by atoms with Gasteiger partial charge in [0.2, 0.25) is 0 Å². The predicted octanol–water partition coefficient (Wildman–Crippen LogP) is 3.30. The molecule has 1 N–H and O–H groups in total. The number of amides is 1. The van der Waals surface area contributed by atoms with Gasteiger partial charge in [0.05, 0.1) is 23.5 Å². The number of para-hydroxylation sites is 1. The van der Waals surface area contributed by atoms with Gasteiger partial charge in [0.1, 0.15) is 17.6 Å². The van der Waals surface area contributed by atoms with Crippen molar-refractivity contribution in [2.75, 3.05) is 13.2 Å². The number of nitrogens with one attached hydrogen (secondary N) is 1. The number of ether oxygens (including phenoxy) is 2. The molecule has 0 saturated heterocycles. The molecule has 28 heavy (non-hydrogen) atoms. The number of fused-ring (bicyclic) bond motifs is 1. The molecule has 1 aliphatic heterocycles. The lowest BCUT2D eigenvalue weighted by molar-refractivity contribution is -0.123. The first-order valence-electron chi connectivity index (χ1n) is 8.89. The van der Waals surface area contributed by atoms with E-state index < -0.39 is 0 Å². The fourth-order valence-electron chi connectivity index (χ4n) is 3.03. The number of rotatable bonds is 6. The molecule has 0 fully saturated rings. The fourth-order valence-corrected chi connectivity index (χ4v) is 3.22. The summed E-state index contributed by atoms with van der Waals surface area (Å²) in [5.41, 5.74) is 2.90. The molecule has 142 valence electrons. The van der Waals surface area contributed by atoms with E-state index in [9.17, 15) is 4.79 Å². The summed E-state index contributed by atoms with van der Waals surface area (Å²) in [5.74, 6) is 1.10. The minimum absolute atomic E-state index is 0.0970. The molecule has 0 bridgehead atoms. The second kappa shape index (κ2) is 8.27. The van der Waals surface area contributed by atoms with Crippen molar-refractivity contribution in [3.63, 3.8) is 0 Å². The summed E-state index contributed by atoms with van der Waals surface area (Å²) in [6.45, 7) is 0.306. The van der Waals surface area contributed by atoms with Crippen LogP contribution in [-0.2, 0) is 11.2 Å². The first-order chi connectivity index (χ1) is 13.7. The van der Waals surface area contributed by atoms with E-state index in [1.807, 2.05) is 12.1 Å². The van der Waals surface area contributed by atoms with Gasteiger partial charge in [-0.05, 0) is 35.9 Å². The van der Waals surface area contributed by atoms with Gasteiger partial charge in [0.25, 0.3) is 5.91 Å². The standard InChI is InChI=1S/C21H18ClN3O3/c22-17-3-1-2-4-20(17)27-13-21(26)25-11-16-10-15-9-14(5-6-19(15)28-16)18-12-23-7-8-24-18/h1-9,12,16H,10-11,13H2,(H,25,26)/t16-/m0/s1. The number of benzene rings is 2. The molecule has 1 aromatic heterocycles. The zero-order valence-electron chi connectivity index (χ0n) is 15.0. The van der Waals surface area contributed by atoms with Gasteiger partial charge in [-0.15, -0.1) is 0 Å². The maximum atomic E-state index is 12.0. The lowest BCUT2D eigenvalue weighted by Gasteiger charge is -2.12. The van der Waals surface area contributed by atoms with Crippen molar-refractivity contribution < 1.29 is 14.3 Å². The Morgan fingerprint density at radius 3 is 2.96 bits per heavy atom. The van der Waals surface area contributed by atoms with E-state index in [2.05, 4.69) is 21.4 Å². The van der Waals surface area contributed by atoms with Crippen LogP contribution < -0.4 is 14.8 Å². The third-order valence-electron chi connectivity index (χ3n) is 4.38. The Kier molecular flexibility index (Phi) is 5.39. The van der Waals surface area contributed by atoms with Gasteiger partial charge in [-0.1, -0.05) is 23.7 Å². The van der Waals surface area contributed by atoms with Gasteiger partial charge in [-0.3, -0.25) is 14.8 Å². The molecule has 2 heterocycles. The average molecular weight is 396 g/mol. The highest BCUT2D eigenvalue weighted by molar-refractivity contribution is 6.32. The Labute approximate surface area is 167 Å². The van der Waals surface area contributed by atoms with E-state index >= 15 is 0 Å². The first kappa shape index (κ1) is 18.3. The summed E-state index contributed by atoms with van der Waals surface area (Å²) in [4.78, 5) is 20.5. The monoisotopic (exact) mass is 395 g/mol. The number of hydrogen-bond donors (Lipinski definition) is 1. The van der Waals surface area contributed by atoms with Crippen molar-refractivity contribution in [1.29, 1.82) is 0 Å². The summed E-state index contributed by atoms with van der Waals surface area (Å²) < 4.78 is 11.4. The minimum Gasteiger partial charge on any atom is -0.488 e. The molecular formula is C21H18ClN3O3. The molecule has 3 aromatic rings. The number of hydrogen-bond acceptors (Lipinski definition) is 5. The van der Waals surface area contributed by atoms with Crippen LogP contribution in [0.4, 0.5) is 0 Å². The fraction of sp³-hybridized carbons (Fsp3) is 0.190. The highest BCUT2D eigenvalue weighted by Crippen LogP contribution is 2.32. The molecule has 4 rings (SSSR count). The zero-order chi connectivity index (χ0) is 19.3. The van der Waals surface area contributed by atoms with E-state index in [0.29, 0.717) is 17.3 Å². The maximum absolute atomic E-state index is 12.0. The highest BCUT2D eigenvalue weighted by atomic mass is 35.5. The van der Waals surface area contributed by atoms with Crippen LogP contribution in [0.5, 0.6) is 11.5 Å². The van der Waals surface area contributed by atoms with E-state index in [1.165, 1.54) is 0 Å². The largest absolute Gasteiger partial charge is 0.488 e. The summed E-state index contributed by atoms with van der Waals surface area (Å²) in [6.07, 6.45) is 5.65. The van der Waals surface area contributed by atoms with Crippen molar-refractivity contribution in [2.45, 2.75) is 12.5 Å². The highest BCUT2D eigenvalue weighted by Gasteiger charge is 2.24. The molecule has 6 nitrogen and oxygen atoms in total. The number of nitrogens with zero attached hydrogens (tertiary/aromatic N) is 2. The maximum Gasteiger partial charge on any atom is 0.258 e. The van der Waals surface area contributed by atoms with Gasteiger partial charge in [-0.25, -0.2) is 0 Å². The summed E-state index contributed by atoms with van der Waals surface area (Å²) in [6, 6.07) is 13.0. The normalized spacial score (nSPS) is 14.8. The molecule has 1 atom stereocenters. The quantitative estimate of drug-likeness (QED) is 0.693. The Morgan fingerprint density at radius 1 is 1.25 bits per heavy atom. The summed E-state index contributed by atoms with van der Waals surface area (Å²) in [7, 11) is 0. The van der Waals surface area contributed by atoms with Crippen LogP contribution in [0.1, 0.15) is 5.56 Å². The van der Waals surface area contributed by atoms with Crippen molar-refractivity contribution in [1.82, 2.24) is 15.3 Å². The van der Waals surface area contributed by atoms with E-state index in [1.54, 1.807) is 42.9 Å². The van der Waals surface area contributed by atoms with Gasteiger partial charge in [0, 0.05) is 24.4 Å². The van der Waals surface area contributed by atoms with Crippen molar-refractivity contribution >= 4 is 17.5 Å². The Hall–Kier alpha value is -3.12. The van der Waals surface area contributed by atoms with Crippen molar-refractivity contribution in [3.8, 4) is 22.8 Å². The topological polar surface area (TPSA) is 73.3 Å². The third-order valence-corrected chi connectivity index (χ3v) is 4.70. The van der Waals surface area contributed by atoms with Crippen LogP contribution in [0, 0.1) is 0 Å². The second-order valence-electron chi connectivity index (χ2n) is 6.38. The predicted molar refractivity (Wildman–Crippen MR) is 106 cm³/mol. The van der Waals surface area contributed by atoms with Gasteiger partial charge in [-0.2, -0.15) is 0 Å². The molecular weight excluding hydrogens is 378 g/mol. The lowest BCUT2D eigenvalue weighted by atomic mass is 10.0. The van der Waals surface area contributed by atoms with E-state index in [0.717, 1.165) is 29.0 Å². The van der Waals surface area contributed by atoms with E-state index in [-0.39, 0.29) is 18.6 Å². The summed E-state index contributed by atoms with van der Waals surface area (Å²) >= 11 is 6.01. The van der Waals surface area contributed by atoms with Gasteiger partial charge >= 0.3 is 0 Å². The smallest absolute Gasteiger partial charge is 0.258 e. The van der Waals surface area contributed by atoms with Crippen molar-refractivity contribution in [3.05, 3.63) is 71.6 Å². The third kappa shape index (κ3) is 4.23. The average Bonchev–Trinajstić information content (AvgIpc) is 3.14. The van der Waals surface area contributed by atoms with Crippen LogP contribution in [-0.4, -0.2) is 35.1 Å². The van der Waals surface area contributed by atoms with Crippen molar-refractivity contribution in [2.24, 2.45) is 0 Å².